The van der Waals surface area contributed by atoms with Crippen LogP contribution in [0.1, 0.15) is 43.7 Å². The predicted molar refractivity (Wildman–Crippen MR) is 161 cm³/mol. The summed E-state index contributed by atoms with van der Waals surface area (Å²) in [5.41, 5.74) is 10.5. The van der Waals surface area contributed by atoms with E-state index in [0.29, 0.717) is 33.6 Å². The molecule has 0 fully saturated rings. The maximum Gasteiger partial charge on any atom is 0.234 e. The third-order valence-electron chi connectivity index (χ3n) is 7.02. The SMILES string of the molecule is COc1cccc(C2C(C#N)=C(N)N(c3nnc(SCC(=O)Nc4cccc(C)c4)s3)C3=C2C(=O)CC(C)(C)C3)c1. The summed E-state index contributed by atoms with van der Waals surface area (Å²) in [7, 11) is 1.58. The van der Waals surface area contributed by atoms with Gasteiger partial charge in [-0.15, -0.1) is 10.2 Å². The molecule has 210 valence electrons. The van der Waals surface area contributed by atoms with Crippen molar-refractivity contribution in [1.29, 1.82) is 5.26 Å². The molecule has 1 aliphatic heterocycles. The van der Waals surface area contributed by atoms with Crippen LogP contribution in [-0.2, 0) is 9.59 Å². The minimum absolute atomic E-state index is 0.0266. The summed E-state index contributed by atoms with van der Waals surface area (Å²) in [6.07, 6.45) is 0.918. The number of nitrogens with two attached hydrogens (primary N) is 1. The summed E-state index contributed by atoms with van der Waals surface area (Å²) in [5.74, 6) is 0.193. The molecule has 0 radical (unpaired) electrons. The van der Waals surface area contributed by atoms with E-state index in [2.05, 4.69) is 21.6 Å². The summed E-state index contributed by atoms with van der Waals surface area (Å²) in [5, 5.41) is 22.3. The Kier molecular flexibility index (Phi) is 7.89. The number of carbonyl (C=O) groups excluding carboxylic acids is 2. The molecule has 5 rings (SSSR count). The van der Waals surface area contributed by atoms with Crippen LogP contribution in [0.3, 0.4) is 0 Å². The predicted octanol–water partition coefficient (Wildman–Crippen LogP) is 5.53. The highest BCUT2D eigenvalue weighted by molar-refractivity contribution is 8.01. The number of allylic oxidation sites excluding steroid dienone is 3. The van der Waals surface area contributed by atoms with Gasteiger partial charge < -0.3 is 15.8 Å². The summed E-state index contributed by atoms with van der Waals surface area (Å²) >= 11 is 2.53. The number of anilines is 2. The Labute approximate surface area is 247 Å². The molecule has 0 saturated carbocycles. The van der Waals surface area contributed by atoms with E-state index in [-0.39, 0.29) is 34.3 Å². The molecule has 3 N–H and O–H groups in total. The van der Waals surface area contributed by atoms with Crippen LogP contribution in [0, 0.1) is 23.7 Å². The molecule has 2 aliphatic rings. The lowest BCUT2D eigenvalue weighted by Gasteiger charge is -2.42. The number of methoxy groups -OCH3 is 1. The van der Waals surface area contributed by atoms with Crippen LogP contribution in [-0.4, -0.2) is 34.8 Å². The molecule has 1 aliphatic carbocycles. The van der Waals surface area contributed by atoms with Crippen molar-refractivity contribution in [3.05, 3.63) is 82.3 Å². The first kappa shape index (κ1) is 28.4. The maximum atomic E-state index is 13.7. The van der Waals surface area contributed by atoms with Crippen LogP contribution < -0.4 is 20.7 Å². The van der Waals surface area contributed by atoms with Gasteiger partial charge in [0.15, 0.2) is 10.1 Å². The third kappa shape index (κ3) is 5.85. The highest BCUT2D eigenvalue weighted by Crippen LogP contribution is 2.51. The van der Waals surface area contributed by atoms with Gasteiger partial charge in [0.2, 0.25) is 11.0 Å². The van der Waals surface area contributed by atoms with Crippen molar-refractivity contribution in [2.45, 2.75) is 43.9 Å². The molecule has 9 nitrogen and oxygen atoms in total. The van der Waals surface area contributed by atoms with Crippen molar-refractivity contribution < 1.29 is 14.3 Å². The molecule has 2 aromatic carbocycles. The number of benzene rings is 2. The standard InChI is InChI=1S/C30H30N6O3S2/c1-17-7-5-9-19(11-17)33-24(38)16-40-29-35-34-28(41-29)36-22-13-30(2,3)14-23(37)26(22)25(21(15-31)27(36)32)18-8-6-10-20(12-18)39-4/h5-12,25H,13-14,16,32H2,1-4H3,(H,33,38). The fraction of sp³-hybridized carbons (Fsp3) is 0.300. The minimum Gasteiger partial charge on any atom is -0.497 e. The van der Waals surface area contributed by atoms with Gasteiger partial charge in [0.05, 0.1) is 30.4 Å². The van der Waals surface area contributed by atoms with Gasteiger partial charge in [-0.1, -0.05) is 61.2 Å². The summed E-state index contributed by atoms with van der Waals surface area (Å²) in [4.78, 5) is 28.0. The van der Waals surface area contributed by atoms with E-state index < -0.39 is 5.92 Å². The summed E-state index contributed by atoms with van der Waals surface area (Å²) in [6.45, 7) is 6.05. The number of Topliss-reactive ketones (excluding diaryl/α,β-unsaturated/α-hetero) is 1. The van der Waals surface area contributed by atoms with Crippen molar-refractivity contribution in [2.24, 2.45) is 11.1 Å². The van der Waals surface area contributed by atoms with Crippen LogP contribution in [0.25, 0.3) is 0 Å². The maximum absolute atomic E-state index is 13.7. The number of rotatable bonds is 7. The average molecular weight is 587 g/mol. The molecular weight excluding hydrogens is 557 g/mol. The second kappa shape index (κ2) is 11.4. The van der Waals surface area contributed by atoms with Gasteiger partial charge in [-0.3, -0.25) is 14.5 Å². The zero-order chi connectivity index (χ0) is 29.3. The van der Waals surface area contributed by atoms with E-state index in [1.165, 1.54) is 23.1 Å². The second-order valence-corrected chi connectivity index (χ2v) is 13.0. The lowest BCUT2D eigenvalue weighted by atomic mass is 9.68. The largest absolute Gasteiger partial charge is 0.497 e. The number of carbonyl (C=O) groups is 2. The first-order valence-electron chi connectivity index (χ1n) is 13.0. The van der Waals surface area contributed by atoms with Crippen molar-refractivity contribution in [3.8, 4) is 11.8 Å². The van der Waals surface area contributed by atoms with E-state index in [0.717, 1.165) is 22.5 Å². The quantitative estimate of drug-likeness (QED) is 0.343. The van der Waals surface area contributed by atoms with Gasteiger partial charge in [0.25, 0.3) is 0 Å². The summed E-state index contributed by atoms with van der Waals surface area (Å²) < 4.78 is 5.99. The Bertz CT molecular complexity index is 1630. The fourth-order valence-electron chi connectivity index (χ4n) is 5.28. The molecule has 41 heavy (non-hydrogen) atoms. The third-order valence-corrected chi connectivity index (χ3v) is 9.07. The number of nitriles is 1. The normalized spacial score (nSPS) is 18.2. The second-order valence-electron chi connectivity index (χ2n) is 10.8. The molecule has 3 aromatic rings. The molecule has 1 amide bonds. The van der Waals surface area contributed by atoms with Crippen molar-refractivity contribution in [2.75, 3.05) is 23.1 Å². The number of thioether (sulfide) groups is 1. The number of hydrogen-bond acceptors (Lipinski definition) is 10. The molecule has 2 heterocycles. The number of ketones is 1. The highest BCUT2D eigenvalue weighted by Gasteiger charge is 2.45. The van der Waals surface area contributed by atoms with E-state index in [4.69, 9.17) is 10.5 Å². The van der Waals surface area contributed by atoms with Crippen molar-refractivity contribution in [3.63, 3.8) is 0 Å². The molecule has 0 bridgehead atoms. The van der Waals surface area contributed by atoms with E-state index in [9.17, 15) is 14.9 Å². The Morgan fingerprint density at radius 1 is 1.24 bits per heavy atom. The molecule has 1 atom stereocenters. The highest BCUT2D eigenvalue weighted by atomic mass is 32.2. The zero-order valence-electron chi connectivity index (χ0n) is 23.2. The number of aryl methyl sites for hydroxylation is 1. The van der Waals surface area contributed by atoms with Crippen molar-refractivity contribution >= 4 is 45.6 Å². The number of ether oxygens (including phenoxy) is 1. The molecule has 1 aromatic heterocycles. The first-order valence-corrected chi connectivity index (χ1v) is 14.8. The number of hydrogen-bond donors (Lipinski definition) is 2. The van der Waals surface area contributed by atoms with E-state index >= 15 is 0 Å². The molecule has 0 saturated heterocycles. The van der Waals surface area contributed by atoms with Gasteiger partial charge >= 0.3 is 0 Å². The lowest BCUT2D eigenvalue weighted by molar-refractivity contribution is -0.118. The average Bonchev–Trinajstić information content (AvgIpc) is 3.39. The van der Waals surface area contributed by atoms with Crippen LogP contribution in [0.4, 0.5) is 10.8 Å². The summed E-state index contributed by atoms with van der Waals surface area (Å²) in [6, 6.07) is 17.2. The smallest absolute Gasteiger partial charge is 0.234 e. The number of amides is 1. The number of aromatic nitrogens is 2. The topological polar surface area (TPSA) is 134 Å². The zero-order valence-corrected chi connectivity index (χ0v) is 24.9. The molecule has 11 heteroatoms. The minimum atomic E-state index is -0.614. The van der Waals surface area contributed by atoms with Crippen LogP contribution in [0.5, 0.6) is 5.75 Å². The Morgan fingerprint density at radius 2 is 2.02 bits per heavy atom. The van der Waals surface area contributed by atoms with Gasteiger partial charge in [-0.25, -0.2) is 0 Å². The molecular formula is C30H30N6O3S2. The van der Waals surface area contributed by atoms with Gasteiger partial charge in [0, 0.05) is 23.4 Å². The van der Waals surface area contributed by atoms with Gasteiger partial charge in [-0.2, -0.15) is 5.26 Å². The van der Waals surface area contributed by atoms with E-state index in [1.54, 1.807) is 12.0 Å². The lowest BCUT2D eigenvalue weighted by Crippen LogP contribution is -2.42. The van der Waals surface area contributed by atoms with Crippen LogP contribution in [0.2, 0.25) is 0 Å². The molecule has 1 unspecified atom stereocenters. The Hall–Kier alpha value is -4.14. The number of nitrogens with zero attached hydrogens (tertiary/aromatic N) is 4. The first-order chi connectivity index (χ1) is 19.6. The monoisotopic (exact) mass is 586 g/mol. The van der Waals surface area contributed by atoms with Gasteiger partial charge in [0.1, 0.15) is 11.6 Å². The van der Waals surface area contributed by atoms with Crippen molar-refractivity contribution in [1.82, 2.24) is 10.2 Å². The molecule has 0 spiro atoms. The van der Waals surface area contributed by atoms with E-state index in [1.807, 2.05) is 69.3 Å². The Morgan fingerprint density at radius 3 is 2.76 bits per heavy atom. The van der Waals surface area contributed by atoms with Gasteiger partial charge in [-0.05, 0) is 54.2 Å². The Balaban J connectivity index is 1.47. The number of nitrogens with one attached hydrogen (secondary N) is 1. The van der Waals surface area contributed by atoms with Crippen LogP contribution >= 0.6 is 23.1 Å². The fourth-order valence-corrected chi connectivity index (χ4v) is 6.96. The van der Waals surface area contributed by atoms with Crippen LogP contribution in [0.15, 0.2) is 75.5 Å².